The number of rotatable bonds is 3. The molecule has 3 rings (SSSR count). The molecule has 0 atom stereocenters. The molecule has 1 aromatic carbocycles. The maximum atomic E-state index is 12.3. The molecule has 8 heteroatoms. The van der Waals surface area contributed by atoms with Gasteiger partial charge in [-0.25, -0.2) is 14.8 Å². The van der Waals surface area contributed by atoms with Crippen LogP contribution in [0.4, 0.5) is 5.95 Å². The van der Waals surface area contributed by atoms with E-state index in [9.17, 15) is 4.79 Å². The number of ether oxygens (including phenoxy) is 1. The molecule has 0 aliphatic carbocycles. The average molecular weight is 398 g/mol. The number of nitrogens with zero attached hydrogens (tertiary/aromatic N) is 3. The van der Waals surface area contributed by atoms with Crippen molar-refractivity contribution in [3.8, 4) is 11.3 Å². The summed E-state index contributed by atoms with van der Waals surface area (Å²) in [6.45, 7) is 3.52. The first-order chi connectivity index (χ1) is 12.0. The molecule has 1 fully saturated rings. The number of anilines is 1. The van der Waals surface area contributed by atoms with Gasteiger partial charge in [0.1, 0.15) is 5.56 Å². The van der Waals surface area contributed by atoms with Crippen molar-refractivity contribution in [1.82, 2.24) is 9.97 Å². The SMILES string of the molecule is COC(=O)c1c(C)nc(N2CCSCC2)nc1-c1ccc(Cl)cc1Cl. The summed E-state index contributed by atoms with van der Waals surface area (Å²) < 4.78 is 4.92. The number of thioether (sulfide) groups is 1. The molecule has 1 aliphatic heterocycles. The zero-order chi connectivity index (χ0) is 18.0. The number of halogens is 2. The molecule has 1 aromatic heterocycles. The van der Waals surface area contributed by atoms with Crippen LogP contribution in [0.3, 0.4) is 0 Å². The maximum absolute atomic E-state index is 12.3. The molecule has 2 heterocycles. The molecule has 5 nitrogen and oxygen atoms in total. The summed E-state index contributed by atoms with van der Waals surface area (Å²) in [6, 6.07) is 5.11. The summed E-state index contributed by atoms with van der Waals surface area (Å²) in [7, 11) is 1.34. The van der Waals surface area contributed by atoms with Crippen LogP contribution in [0.1, 0.15) is 16.1 Å². The third-order valence-corrected chi connectivity index (χ3v) is 5.44. The summed E-state index contributed by atoms with van der Waals surface area (Å²) in [4.78, 5) is 23.6. The fourth-order valence-electron chi connectivity index (χ4n) is 2.69. The number of benzene rings is 1. The first kappa shape index (κ1) is 18.3. The van der Waals surface area contributed by atoms with Gasteiger partial charge in [-0.15, -0.1) is 0 Å². The predicted octanol–water partition coefficient (Wildman–Crippen LogP) is 4.10. The zero-order valence-electron chi connectivity index (χ0n) is 13.9. The lowest BCUT2D eigenvalue weighted by Gasteiger charge is -2.27. The Labute approximate surface area is 160 Å². The highest BCUT2D eigenvalue weighted by molar-refractivity contribution is 7.99. The van der Waals surface area contributed by atoms with E-state index >= 15 is 0 Å². The van der Waals surface area contributed by atoms with E-state index in [2.05, 4.69) is 14.9 Å². The number of hydrogen-bond acceptors (Lipinski definition) is 6. The minimum Gasteiger partial charge on any atom is -0.465 e. The van der Waals surface area contributed by atoms with Crippen molar-refractivity contribution in [2.24, 2.45) is 0 Å². The van der Waals surface area contributed by atoms with E-state index in [-0.39, 0.29) is 0 Å². The van der Waals surface area contributed by atoms with Crippen LogP contribution < -0.4 is 4.90 Å². The number of aromatic nitrogens is 2. The molecule has 1 saturated heterocycles. The highest BCUT2D eigenvalue weighted by Gasteiger charge is 2.24. The van der Waals surface area contributed by atoms with Gasteiger partial charge < -0.3 is 9.64 Å². The Kier molecular flexibility index (Phi) is 5.71. The Morgan fingerprint density at radius 1 is 1.24 bits per heavy atom. The minimum absolute atomic E-state index is 0.321. The molecule has 0 amide bonds. The minimum atomic E-state index is -0.487. The zero-order valence-corrected chi connectivity index (χ0v) is 16.2. The molecule has 0 radical (unpaired) electrons. The summed E-state index contributed by atoms with van der Waals surface area (Å²) in [5.74, 6) is 2.17. The van der Waals surface area contributed by atoms with E-state index in [4.69, 9.17) is 27.9 Å². The molecule has 0 spiro atoms. The second-order valence-electron chi connectivity index (χ2n) is 5.55. The Morgan fingerprint density at radius 3 is 2.60 bits per heavy atom. The van der Waals surface area contributed by atoms with Gasteiger partial charge in [0.15, 0.2) is 0 Å². The maximum Gasteiger partial charge on any atom is 0.341 e. The first-order valence-electron chi connectivity index (χ1n) is 7.76. The standard InChI is InChI=1S/C17H17Cl2N3O2S/c1-10-14(16(23)24-2)15(12-4-3-11(18)9-13(12)19)21-17(20-10)22-5-7-25-8-6-22/h3-4,9H,5-8H2,1-2H3. The summed E-state index contributed by atoms with van der Waals surface area (Å²) in [5, 5.41) is 0.948. The topological polar surface area (TPSA) is 55.3 Å². The molecule has 0 N–H and O–H groups in total. The largest absolute Gasteiger partial charge is 0.465 e. The molecular weight excluding hydrogens is 381 g/mol. The third kappa shape index (κ3) is 3.86. The second-order valence-corrected chi connectivity index (χ2v) is 7.62. The number of aryl methyl sites for hydroxylation is 1. The van der Waals surface area contributed by atoms with Crippen LogP contribution in [0, 0.1) is 6.92 Å². The van der Waals surface area contributed by atoms with Crippen molar-refractivity contribution in [3.05, 3.63) is 39.5 Å². The number of methoxy groups -OCH3 is 1. The number of carbonyl (C=O) groups is 1. The van der Waals surface area contributed by atoms with Gasteiger partial charge in [0.05, 0.1) is 23.5 Å². The van der Waals surface area contributed by atoms with E-state index in [0.29, 0.717) is 38.5 Å². The van der Waals surface area contributed by atoms with E-state index in [0.717, 1.165) is 24.6 Å². The van der Waals surface area contributed by atoms with Gasteiger partial charge in [0, 0.05) is 35.2 Å². The van der Waals surface area contributed by atoms with Crippen molar-refractivity contribution in [1.29, 1.82) is 0 Å². The normalized spacial score (nSPS) is 14.5. The summed E-state index contributed by atoms with van der Waals surface area (Å²) >= 11 is 14.3. The van der Waals surface area contributed by atoms with Gasteiger partial charge in [-0.05, 0) is 25.1 Å². The first-order valence-corrected chi connectivity index (χ1v) is 9.67. The van der Waals surface area contributed by atoms with Gasteiger partial charge >= 0.3 is 5.97 Å². The molecule has 132 valence electrons. The Hall–Kier alpha value is -1.50. The predicted molar refractivity (Wildman–Crippen MR) is 103 cm³/mol. The quantitative estimate of drug-likeness (QED) is 0.726. The lowest BCUT2D eigenvalue weighted by molar-refractivity contribution is 0.0600. The molecule has 0 unspecified atom stereocenters. The smallest absolute Gasteiger partial charge is 0.341 e. The van der Waals surface area contributed by atoms with Crippen LogP contribution in [-0.4, -0.2) is 47.6 Å². The fourth-order valence-corrected chi connectivity index (χ4v) is 4.09. The molecular formula is C17H17Cl2N3O2S. The highest BCUT2D eigenvalue weighted by Crippen LogP contribution is 2.34. The van der Waals surface area contributed by atoms with Crippen molar-refractivity contribution in [2.45, 2.75) is 6.92 Å². The van der Waals surface area contributed by atoms with Crippen LogP contribution in [0.2, 0.25) is 10.0 Å². The fraction of sp³-hybridized carbons (Fsp3) is 0.353. The lowest BCUT2D eigenvalue weighted by Crippen LogP contribution is -2.34. The van der Waals surface area contributed by atoms with E-state index in [1.807, 2.05) is 11.8 Å². The van der Waals surface area contributed by atoms with E-state index in [1.54, 1.807) is 25.1 Å². The van der Waals surface area contributed by atoms with Gasteiger partial charge in [-0.2, -0.15) is 11.8 Å². The van der Waals surface area contributed by atoms with Gasteiger partial charge in [-0.1, -0.05) is 23.2 Å². The number of hydrogen-bond donors (Lipinski definition) is 0. The molecule has 2 aromatic rings. The van der Waals surface area contributed by atoms with E-state index in [1.165, 1.54) is 7.11 Å². The summed E-state index contributed by atoms with van der Waals surface area (Å²) in [6.07, 6.45) is 0. The van der Waals surface area contributed by atoms with Crippen LogP contribution >= 0.6 is 35.0 Å². The number of carbonyl (C=O) groups excluding carboxylic acids is 1. The van der Waals surface area contributed by atoms with Crippen molar-refractivity contribution in [3.63, 3.8) is 0 Å². The van der Waals surface area contributed by atoms with E-state index < -0.39 is 5.97 Å². The van der Waals surface area contributed by atoms with Crippen molar-refractivity contribution in [2.75, 3.05) is 36.6 Å². The Bertz CT molecular complexity index is 811. The Morgan fingerprint density at radius 2 is 1.96 bits per heavy atom. The highest BCUT2D eigenvalue weighted by atomic mass is 35.5. The molecule has 0 bridgehead atoms. The van der Waals surface area contributed by atoms with Crippen LogP contribution in [0.15, 0.2) is 18.2 Å². The van der Waals surface area contributed by atoms with Crippen molar-refractivity contribution >= 4 is 46.9 Å². The molecule has 25 heavy (non-hydrogen) atoms. The van der Waals surface area contributed by atoms with Gasteiger partial charge in [0.2, 0.25) is 5.95 Å². The van der Waals surface area contributed by atoms with Crippen LogP contribution in [-0.2, 0) is 4.74 Å². The van der Waals surface area contributed by atoms with Gasteiger partial charge in [0.25, 0.3) is 0 Å². The molecule has 0 saturated carbocycles. The number of esters is 1. The molecule has 1 aliphatic rings. The third-order valence-electron chi connectivity index (χ3n) is 3.95. The van der Waals surface area contributed by atoms with Gasteiger partial charge in [-0.3, -0.25) is 0 Å². The average Bonchev–Trinajstić information content (AvgIpc) is 2.61. The summed E-state index contributed by atoms with van der Waals surface area (Å²) in [5.41, 5.74) is 1.98. The monoisotopic (exact) mass is 397 g/mol. The Balaban J connectivity index is 2.18. The second kappa shape index (κ2) is 7.81. The van der Waals surface area contributed by atoms with Crippen LogP contribution in [0.5, 0.6) is 0 Å². The lowest BCUT2D eigenvalue weighted by atomic mass is 10.0. The van der Waals surface area contributed by atoms with Crippen LogP contribution in [0.25, 0.3) is 11.3 Å². The van der Waals surface area contributed by atoms with Crippen molar-refractivity contribution < 1.29 is 9.53 Å².